The molecule has 124 valence electrons. The van der Waals surface area contributed by atoms with Gasteiger partial charge in [0, 0.05) is 10.0 Å². The minimum absolute atomic E-state index is 0.125. The van der Waals surface area contributed by atoms with Crippen molar-refractivity contribution in [2.45, 2.75) is 0 Å². The quantitative estimate of drug-likeness (QED) is 0.432. The molecule has 0 saturated heterocycles. The van der Waals surface area contributed by atoms with Crippen LogP contribution in [0.4, 0.5) is 0 Å². The standard InChI is InChI=1S/C18H11BrN2O3S/c1-23-18(22)14-15(24-16(21-14)10-5-3-2-4-6-10)17-20-12-9-11(19)7-8-13(12)25-17/h2-9H,1H3. The number of methoxy groups -OCH3 is 1. The Morgan fingerprint density at radius 1 is 1.16 bits per heavy atom. The zero-order valence-electron chi connectivity index (χ0n) is 13.0. The Morgan fingerprint density at radius 2 is 1.96 bits per heavy atom. The first-order chi connectivity index (χ1) is 12.2. The number of nitrogens with zero attached hydrogens (tertiary/aromatic N) is 2. The highest BCUT2D eigenvalue weighted by Gasteiger charge is 2.25. The van der Waals surface area contributed by atoms with E-state index < -0.39 is 5.97 Å². The predicted molar refractivity (Wildman–Crippen MR) is 99.6 cm³/mol. The van der Waals surface area contributed by atoms with Crippen LogP contribution in [0, 0.1) is 0 Å². The maximum absolute atomic E-state index is 12.1. The number of ether oxygens (including phenoxy) is 1. The number of rotatable bonds is 3. The number of carbonyl (C=O) groups excluding carboxylic acids is 1. The molecule has 0 bridgehead atoms. The molecule has 25 heavy (non-hydrogen) atoms. The summed E-state index contributed by atoms with van der Waals surface area (Å²) in [6.45, 7) is 0. The van der Waals surface area contributed by atoms with Gasteiger partial charge in [-0.3, -0.25) is 0 Å². The van der Waals surface area contributed by atoms with Gasteiger partial charge in [0.15, 0.2) is 16.5 Å². The summed E-state index contributed by atoms with van der Waals surface area (Å²) in [6.07, 6.45) is 0. The summed E-state index contributed by atoms with van der Waals surface area (Å²) in [4.78, 5) is 21.1. The van der Waals surface area contributed by atoms with Gasteiger partial charge in [-0.2, -0.15) is 0 Å². The lowest BCUT2D eigenvalue weighted by atomic mass is 10.2. The van der Waals surface area contributed by atoms with Gasteiger partial charge in [0.1, 0.15) is 0 Å². The number of benzene rings is 2. The molecule has 0 radical (unpaired) electrons. The van der Waals surface area contributed by atoms with Crippen LogP contribution in [0.15, 0.2) is 57.4 Å². The van der Waals surface area contributed by atoms with Crippen LogP contribution >= 0.6 is 27.3 Å². The summed E-state index contributed by atoms with van der Waals surface area (Å²) >= 11 is 4.87. The molecule has 4 aromatic rings. The van der Waals surface area contributed by atoms with Gasteiger partial charge in [-0.1, -0.05) is 34.1 Å². The van der Waals surface area contributed by atoms with Gasteiger partial charge in [0.05, 0.1) is 17.3 Å². The van der Waals surface area contributed by atoms with Crippen LogP contribution in [-0.4, -0.2) is 23.0 Å². The van der Waals surface area contributed by atoms with Crippen molar-refractivity contribution in [3.8, 4) is 22.2 Å². The highest BCUT2D eigenvalue weighted by Crippen LogP contribution is 2.36. The van der Waals surface area contributed by atoms with Gasteiger partial charge in [0.2, 0.25) is 5.89 Å². The summed E-state index contributed by atoms with van der Waals surface area (Å²) in [5.41, 5.74) is 1.73. The summed E-state index contributed by atoms with van der Waals surface area (Å²) in [5.74, 6) is 0.126. The van der Waals surface area contributed by atoms with Crippen molar-refractivity contribution in [3.63, 3.8) is 0 Å². The van der Waals surface area contributed by atoms with Crippen LogP contribution in [0.3, 0.4) is 0 Å². The van der Waals surface area contributed by atoms with Crippen molar-refractivity contribution in [1.82, 2.24) is 9.97 Å². The Bertz CT molecular complexity index is 1070. The number of hydrogen-bond acceptors (Lipinski definition) is 6. The molecule has 0 amide bonds. The number of aromatic nitrogens is 2. The number of thiazole rings is 1. The van der Waals surface area contributed by atoms with Gasteiger partial charge in [-0.15, -0.1) is 11.3 Å². The molecule has 4 rings (SSSR count). The Kier molecular flexibility index (Phi) is 4.10. The monoisotopic (exact) mass is 414 g/mol. The first kappa shape index (κ1) is 16.0. The number of carbonyl (C=O) groups is 1. The van der Waals surface area contributed by atoms with Crippen LogP contribution in [0.25, 0.3) is 32.4 Å². The summed E-state index contributed by atoms with van der Waals surface area (Å²) in [5, 5.41) is 0.586. The van der Waals surface area contributed by atoms with E-state index in [4.69, 9.17) is 9.15 Å². The number of hydrogen-bond donors (Lipinski definition) is 0. The number of oxazole rings is 1. The van der Waals surface area contributed by atoms with Crippen molar-refractivity contribution in [2.75, 3.05) is 7.11 Å². The number of halogens is 1. The fraction of sp³-hybridized carbons (Fsp3) is 0.0556. The zero-order valence-corrected chi connectivity index (χ0v) is 15.4. The van der Waals surface area contributed by atoms with Gasteiger partial charge < -0.3 is 9.15 Å². The molecule has 2 aromatic heterocycles. The third-order valence-corrected chi connectivity index (χ3v) is 5.10. The lowest BCUT2D eigenvalue weighted by Gasteiger charge is -1.94. The minimum atomic E-state index is -0.554. The maximum atomic E-state index is 12.1. The molecule has 7 heteroatoms. The molecule has 0 spiro atoms. The van der Waals surface area contributed by atoms with E-state index in [1.807, 2.05) is 48.5 Å². The molecule has 0 aliphatic carbocycles. The van der Waals surface area contributed by atoms with E-state index in [9.17, 15) is 4.79 Å². The van der Waals surface area contributed by atoms with E-state index in [1.54, 1.807) is 0 Å². The second-order valence-electron chi connectivity index (χ2n) is 5.19. The van der Waals surface area contributed by atoms with Crippen molar-refractivity contribution in [2.24, 2.45) is 0 Å². The summed E-state index contributed by atoms with van der Waals surface area (Å²) in [6, 6.07) is 15.2. The highest BCUT2D eigenvalue weighted by molar-refractivity contribution is 9.10. The van der Waals surface area contributed by atoms with Gasteiger partial charge in [-0.05, 0) is 30.3 Å². The van der Waals surface area contributed by atoms with E-state index in [-0.39, 0.29) is 5.69 Å². The van der Waals surface area contributed by atoms with E-state index in [2.05, 4.69) is 25.9 Å². The topological polar surface area (TPSA) is 65.2 Å². The molecule has 5 nitrogen and oxygen atoms in total. The van der Waals surface area contributed by atoms with Crippen LogP contribution in [0.2, 0.25) is 0 Å². The predicted octanol–water partition coefficient (Wildman–Crippen LogP) is 5.17. The van der Waals surface area contributed by atoms with E-state index >= 15 is 0 Å². The first-order valence-electron chi connectivity index (χ1n) is 7.37. The van der Waals surface area contributed by atoms with E-state index in [0.29, 0.717) is 16.7 Å². The Labute approximate surface area is 155 Å². The molecule has 2 aromatic carbocycles. The summed E-state index contributed by atoms with van der Waals surface area (Å²) < 4.78 is 12.7. The lowest BCUT2D eigenvalue weighted by Crippen LogP contribution is -2.03. The van der Waals surface area contributed by atoms with Gasteiger partial charge >= 0.3 is 5.97 Å². The number of esters is 1. The smallest absolute Gasteiger partial charge is 0.360 e. The largest absolute Gasteiger partial charge is 0.464 e. The fourth-order valence-electron chi connectivity index (χ4n) is 2.40. The molecule has 2 heterocycles. The number of fused-ring (bicyclic) bond motifs is 1. The van der Waals surface area contributed by atoms with Crippen LogP contribution in [-0.2, 0) is 4.74 Å². The second-order valence-corrected chi connectivity index (χ2v) is 7.13. The Hall–Kier alpha value is -2.51. The van der Waals surface area contributed by atoms with Crippen molar-refractivity contribution in [3.05, 3.63) is 58.7 Å². The van der Waals surface area contributed by atoms with E-state index in [0.717, 1.165) is 20.3 Å². The Balaban J connectivity index is 1.89. The average Bonchev–Trinajstić information content (AvgIpc) is 3.25. The molecule has 0 atom stereocenters. The zero-order chi connectivity index (χ0) is 17.4. The van der Waals surface area contributed by atoms with Crippen LogP contribution < -0.4 is 0 Å². The summed E-state index contributed by atoms with van der Waals surface area (Å²) in [7, 11) is 1.32. The fourth-order valence-corrected chi connectivity index (χ4v) is 3.68. The van der Waals surface area contributed by atoms with Gasteiger partial charge in [-0.25, -0.2) is 14.8 Å². The average molecular weight is 415 g/mol. The first-order valence-corrected chi connectivity index (χ1v) is 8.97. The lowest BCUT2D eigenvalue weighted by molar-refractivity contribution is 0.0595. The van der Waals surface area contributed by atoms with Crippen LogP contribution in [0.1, 0.15) is 10.5 Å². The molecule has 0 aliphatic heterocycles. The maximum Gasteiger partial charge on any atom is 0.360 e. The molecular weight excluding hydrogens is 404 g/mol. The Morgan fingerprint density at radius 3 is 2.72 bits per heavy atom. The van der Waals surface area contributed by atoms with Gasteiger partial charge in [0.25, 0.3) is 0 Å². The molecule has 0 aliphatic rings. The molecule has 0 unspecified atom stereocenters. The van der Waals surface area contributed by atoms with Crippen molar-refractivity contribution >= 4 is 43.5 Å². The second kappa shape index (κ2) is 6.42. The van der Waals surface area contributed by atoms with Crippen LogP contribution in [0.5, 0.6) is 0 Å². The SMILES string of the molecule is COC(=O)c1nc(-c2ccccc2)oc1-c1nc2cc(Br)ccc2s1. The molecule has 0 N–H and O–H groups in total. The molecular formula is C18H11BrN2O3S. The highest BCUT2D eigenvalue weighted by atomic mass is 79.9. The normalized spacial score (nSPS) is 11.0. The van der Waals surface area contributed by atoms with Crippen molar-refractivity contribution < 1.29 is 13.9 Å². The molecule has 0 fully saturated rings. The van der Waals surface area contributed by atoms with Crippen molar-refractivity contribution in [1.29, 1.82) is 0 Å². The molecule has 0 saturated carbocycles. The third kappa shape index (κ3) is 2.96. The van der Waals surface area contributed by atoms with E-state index in [1.165, 1.54) is 18.4 Å². The minimum Gasteiger partial charge on any atom is -0.464 e. The third-order valence-electron chi connectivity index (χ3n) is 3.57.